The van der Waals surface area contributed by atoms with E-state index in [1.54, 1.807) is 0 Å². The van der Waals surface area contributed by atoms with Crippen LogP contribution >= 0.6 is 11.6 Å². The Morgan fingerprint density at radius 2 is 2.50 bits per heavy atom. The highest BCUT2D eigenvalue weighted by Gasteiger charge is 2.08. The summed E-state index contributed by atoms with van der Waals surface area (Å²) in [4.78, 5) is 14.6. The van der Waals surface area contributed by atoms with Crippen molar-refractivity contribution in [3.05, 3.63) is 11.6 Å². The summed E-state index contributed by atoms with van der Waals surface area (Å²) >= 11 is 5.23. The summed E-state index contributed by atoms with van der Waals surface area (Å²) in [6.45, 7) is 2.39. The summed E-state index contributed by atoms with van der Waals surface area (Å²) in [5, 5.41) is -0.378. The lowest BCUT2D eigenvalue weighted by molar-refractivity contribution is -0.108. The number of halogens is 1. The van der Waals surface area contributed by atoms with Gasteiger partial charge < -0.3 is 0 Å². The number of rotatable bonds is 1. The lowest BCUT2D eigenvalue weighted by Crippen LogP contribution is -2.06. The molecule has 2 nitrogen and oxygen atoms in total. The van der Waals surface area contributed by atoms with E-state index in [1.807, 2.05) is 13.0 Å². The standard InChI is InChI=1S/C7H8ClNO/c1-5-2-3-6(4-9-5)7(8)10/h3H,2,4H2,1H3. The third-order valence-corrected chi connectivity index (χ3v) is 1.66. The van der Waals surface area contributed by atoms with Crippen molar-refractivity contribution in [2.24, 2.45) is 4.99 Å². The van der Waals surface area contributed by atoms with Gasteiger partial charge in [-0.3, -0.25) is 9.79 Å². The van der Waals surface area contributed by atoms with Crippen molar-refractivity contribution in [2.75, 3.05) is 6.54 Å². The molecule has 1 aliphatic rings. The number of allylic oxidation sites excluding steroid dienone is 1. The second-order valence-electron chi connectivity index (χ2n) is 2.26. The quantitative estimate of drug-likeness (QED) is 0.531. The molecule has 54 valence electrons. The molecule has 0 atom stereocenters. The predicted octanol–water partition coefficient (Wildman–Crippen LogP) is 1.54. The number of hydrogen-bond acceptors (Lipinski definition) is 2. The van der Waals surface area contributed by atoms with Crippen LogP contribution in [0.1, 0.15) is 13.3 Å². The number of aliphatic imine (C=N–C) groups is 1. The summed E-state index contributed by atoms with van der Waals surface area (Å²) in [6.07, 6.45) is 2.59. The van der Waals surface area contributed by atoms with Crippen LogP contribution in [0.4, 0.5) is 0 Å². The van der Waals surface area contributed by atoms with Crippen LogP contribution in [-0.2, 0) is 4.79 Å². The van der Waals surface area contributed by atoms with Gasteiger partial charge in [0.1, 0.15) is 0 Å². The molecular formula is C7H8ClNO. The van der Waals surface area contributed by atoms with Gasteiger partial charge in [-0.05, 0) is 18.5 Å². The van der Waals surface area contributed by atoms with E-state index in [-0.39, 0.29) is 5.24 Å². The Kier molecular flexibility index (Phi) is 2.22. The van der Waals surface area contributed by atoms with Crippen LogP contribution in [-0.4, -0.2) is 17.5 Å². The first-order valence-electron chi connectivity index (χ1n) is 3.09. The molecule has 0 aromatic carbocycles. The largest absolute Gasteiger partial charge is 0.289 e. The van der Waals surface area contributed by atoms with Crippen molar-refractivity contribution in [1.29, 1.82) is 0 Å². The van der Waals surface area contributed by atoms with Crippen molar-refractivity contribution < 1.29 is 4.79 Å². The summed E-state index contributed by atoms with van der Waals surface area (Å²) in [7, 11) is 0. The summed E-state index contributed by atoms with van der Waals surface area (Å²) in [5.41, 5.74) is 1.67. The molecular weight excluding hydrogens is 150 g/mol. The topological polar surface area (TPSA) is 29.4 Å². The average Bonchev–Trinajstić information content (AvgIpc) is 1.88. The molecule has 0 radical (unpaired) electrons. The lowest BCUT2D eigenvalue weighted by Gasteiger charge is -2.05. The van der Waals surface area contributed by atoms with Gasteiger partial charge in [-0.25, -0.2) is 0 Å². The smallest absolute Gasteiger partial charge is 0.249 e. The van der Waals surface area contributed by atoms with Gasteiger partial charge in [0, 0.05) is 17.7 Å². The average molecular weight is 158 g/mol. The highest BCUT2D eigenvalue weighted by molar-refractivity contribution is 6.67. The minimum atomic E-state index is -0.378. The van der Waals surface area contributed by atoms with Crippen molar-refractivity contribution in [3.63, 3.8) is 0 Å². The van der Waals surface area contributed by atoms with E-state index in [2.05, 4.69) is 4.99 Å². The zero-order chi connectivity index (χ0) is 7.56. The third-order valence-electron chi connectivity index (χ3n) is 1.42. The Bertz CT molecular complexity index is 218. The van der Waals surface area contributed by atoms with E-state index in [0.717, 1.165) is 12.1 Å². The molecule has 3 heteroatoms. The highest BCUT2D eigenvalue weighted by atomic mass is 35.5. The number of dihydropyridines is 1. The van der Waals surface area contributed by atoms with Gasteiger partial charge in [-0.1, -0.05) is 6.08 Å². The molecule has 0 spiro atoms. The normalized spacial score (nSPS) is 17.8. The number of nitrogens with zero attached hydrogens (tertiary/aromatic N) is 1. The van der Waals surface area contributed by atoms with E-state index in [0.29, 0.717) is 12.1 Å². The first kappa shape index (κ1) is 7.48. The van der Waals surface area contributed by atoms with Gasteiger partial charge in [-0.15, -0.1) is 0 Å². The monoisotopic (exact) mass is 157 g/mol. The Morgan fingerprint density at radius 1 is 1.80 bits per heavy atom. The summed E-state index contributed by atoms with van der Waals surface area (Å²) < 4.78 is 0. The molecule has 1 heterocycles. The maximum atomic E-state index is 10.5. The molecule has 0 N–H and O–H groups in total. The molecule has 0 saturated heterocycles. The van der Waals surface area contributed by atoms with Crippen LogP contribution in [0.25, 0.3) is 0 Å². The molecule has 0 fully saturated rings. The Morgan fingerprint density at radius 3 is 2.90 bits per heavy atom. The second-order valence-corrected chi connectivity index (χ2v) is 2.60. The maximum absolute atomic E-state index is 10.5. The zero-order valence-corrected chi connectivity index (χ0v) is 6.48. The van der Waals surface area contributed by atoms with Gasteiger partial charge in [0.15, 0.2) is 0 Å². The molecule has 1 aliphatic heterocycles. The fourth-order valence-corrected chi connectivity index (χ4v) is 0.899. The molecule has 0 saturated carbocycles. The van der Waals surface area contributed by atoms with E-state index in [4.69, 9.17) is 11.6 Å². The van der Waals surface area contributed by atoms with E-state index < -0.39 is 0 Å². The summed E-state index contributed by atoms with van der Waals surface area (Å²) in [6, 6.07) is 0. The predicted molar refractivity (Wildman–Crippen MR) is 41.5 cm³/mol. The van der Waals surface area contributed by atoms with Gasteiger partial charge in [0.25, 0.3) is 0 Å². The molecule has 1 rings (SSSR count). The van der Waals surface area contributed by atoms with Gasteiger partial charge in [0.05, 0.1) is 6.54 Å². The Labute approximate surface area is 64.6 Å². The van der Waals surface area contributed by atoms with E-state index in [9.17, 15) is 4.79 Å². The second kappa shape index (κ2) is 2.97. The van der Waals surface area contributed by atoms with Gasteiger partial charge in [0.2, 0.25) is 5.24 Å². The van der Waals surface area contributed by atoms with Gasteiger partial charge >= 0.3 is 0 Å². The number of carbonyl (C=O) groups is 1. The van der Waals surface area contributed by atoms with Gasteiger partial charge in [-0.2, -0.15) is 0 Å². The van der Waals surface area contributed by atoms with Crippen LogP contribution in [0.15, 0.2) is 16.6 Å². The summed E-state index contributed by atoms with van der Waals surface area (Å²) in [5.74, 6) is 0. The van der Waals surface area contributed by atoms with Crippen molar-refractivity contribution in [2.45, 2.75) is 13.3 Å². The minimum absolute atomic E-state index is 0.378. The highest BCUT2D eigenvalue weighted by Crippen LogP contribution is 2.08. The Hall–Kier alpha value is -0.630. The van der Waals surface area contributed by atoms with E-state index in [1.165, 1.54) is 0 Å². The molecule has 0 aliphatic carbocycles. The maximum Gasteiger partial charge on any atom is 0.249 e. The molecule has 0 aromatic rings. The molecule has 0 aromatic heterocycles. The fourth-order valence-electron chi connectivity index (χ4n) is 0.763. The molecule has 10 heavy (non-hydrogen) atoms. The van der Waals surface area contributed by atoms with Crippen molar-refractivity contribution in [3.8, 4) is 0 Å². The van der Waals surface area contributed by atoms with E-state index >= 15 is 0 Å². The zero-order valence-electron chi connectivity index (χ0n) is 5.72. The fraction of sp³-hybridized carbons (Fsp3) is 0.429. The molecule has 0 bridgehead atoms. The first-order chi connectivity index (χ1) is 4.70. The minimum Gasteiger partial charge on any atom is -0.289 e. The van der Waals surface area contributed by atoms with Crippen LogP contribution in [0.5, 0.6) is 0 Å². The van der Waals surface area contributed by atoms with Crippen molar-refractivity contribution in [1.82, 2.24) is 0 Å². The van der Waals surface area contributed by atoms with Crippen LogP contribution in [0.2, 0.25) is 0 Å². The van der Waals surface area contributed by atoms with Crippen LogP contribution < -0.4 is 0 Å². The SMILES string of the molecule is CC1=NCC(C(=O)Cl)=CC1. The Balaban J connectivity index is 2.62. The number of hydrogen-bond donors (Lipinski definition) is 0. The van der Waals surface area contributed by atoms with Crippen LogP contribution in [0.3, 0.4) is 0 Å². The van der Waals surface area contributed by atoms with Crippen molar-refractivity contribution >= 4 is 22.6 Å². The number of carbonyl (C=O) groups excluding carboxylic acids is 1. The van der Waals surface area contributed by atoms with Crippen LogP contribution in [0, 0.1) is 0 Å². The first-order valence-corrected chi connectivity index (χ1v) is 3.46. The lowest BCUT2D eigenvalue weighted by atomic mass is 10.1. The molecule has 0 unspecified atom stereocenters. The molecule has 0 amide bonds. The third kappa shape index (κ3) is 1.67.